The Hall–Kier alpha value is -6.38. The fraction of sp³-hybridized carbons (Fsp3) is 0. The maximum absolute atomic E-state index is 6.50. The number of rotatable bonds is 6. The van der Waals surface area contributed by atoms with Crippen LogP contribution in [0, 0.1) is 0 Å². The molecule has 0 aliphatic heterocycles. The first-order chi connectivity index (χ1) is 23.8. The molecular weight excluding hydrogens is 583 g/mol. The molecule has 0 bridgehead atoms. The molecule has 48 heavy (non-hydrogen) atoms. The summed E-state index contributed by atoms with van der Waals surface area (Å²) in [5.74, 6) is 0. The van der Waals surface area contributed by atoms with Crippen LogP contribution < -0.4 is 4.90 Å². The highest BCUT2D eigenvalue weighted by Crippen LogP contribution is 2.44. The summed E-state index contributed by atoms with van der Waals surface area (Å²) in [5, 5.41) is 4.77. The fourth-order valence-corrected chi connectivity index (χ4v) is 7.01. The summed E-state index contributed by atoms with van der Waals surface area (Å²) in [4.78, 5) is 2.34. The molecule has 9 rings (SSSR count). The summed E-state index contributed by atoms with van der Waals surface area (Å²) < 4.78 is 6.50. The van der Waals surface area contributed by atoms with Gasteiger partial charge >= 0.3 is 0 Å². The summed E-state index contributed by atoms with van der Waals surface area (Å²) in [7, 11) is 0. The van der Waals surface area contributed by atoms with Gasteiger partial charge in [0.15, 0.2) is 0 Å². The van der Waals surface area contributed by atoms with E-state index in [2.05, 4.69) is 181 Å². The molecule has 9 aromatic rings. The topological polar surface area (TPSA) is 16.4 Å². The quantitative estimate of drug-likeness (QED) is 0.185. The van der Waals surface area contributed by atoms with Crippen molar-refractivity contribution >= 4 is 49.8 Å². The Labute approximate surface area is 279 Å². The van der Waals surface area contributed by atoms with Gasteiger partial charge in [-0.2, -0.15) is 0 Å². The summed E-state index contributed by atoms with van der Waals surface area (Å²) >= 11 is 0. The molecule has 2 heteroatoms. The van der Waals surface area contributed by atoms with E-state index in [1.165, 1.54) is 33.0 Å². The number of para-hydroxylation sites is 4. The van der Waals surface area contributed by atoms with Crippen molar-refractivity contribution in [1.29, 1.82) is 0 Å². The molecule has 0 N–H and O–H groups in total. The van der Waals surface area contributed by atoms with Crippen molar-refractivity contribution in [3.05, 3.63) is 188 Å². The SMILES string of the molecule is c1ccc(N(c2ccc(-c3cccc(-c4cccc5ccccc45)c3)cc2)c2ccccc2-c2cccc3c2oc2ccccc23)cc1. The van der Waals surface area contributed by atoms with E-state index in [0.29, 0.717) is 0 Å². The van der Waals surface area contributed by atoms with Crippen LogP contribution >= 0.6 is 0 Å². The van der Waals surface area contributed by atoms with Gasteiger partial charge in [-0.15, -0.1) is 0 Å². The number of hydrogen-bond donors (Lipinski definition) is 0. The Morgan fingerprint density at radius 2 is 0.958 bits per heavy atom. The average Bonchev–Trinajstić information content (AvgIpc) is 3.55. The van der Waals surface area contributed by atoms with E-state index in [4.69, 9.17) is 4.42 Å². The van der Waals surface area contributed by atoms with Crippen LogP contribution in [0.15, 0.2) is 192 Å². The van der Waals surface area contributed by atoms with Crippen LogP contribution in [0.25, 0.3) is 66.1 Å². The highest BCUT2D eigenvalue weighted by molar-refractivity contribution is 6.10. The van der Waals surface area contributed by atoms with Crippen LogP contribution in [0.1, 0.15) is 0 Å². The average molecular weight is 614 g/mol. The molecule has 1 aromatic heterocycles. The predicted molar refractivity (Wildman–Crippen MR) is 202 cm³/mol. The van der Waals surface area contributed by atoms with Crippen molar-refractivity contribution in [3.8, 4) is 33.4 Å². The highest BCUT2D eigenvalue weighted by atomic mass is 16.3. The standard InChI is InChI=1S/C46H31NO/c1-2-17-36(18-3-1)47(44-25-8-6-20-40(44)42-23-12-24-43-41-21-7-9-26-45(41)48-46(42)43)37-29-27-32(28-30-37)34-15-10-16-35(31-34)39-22-11-14-33-13-4-5-19-38(33)39/h1-31H. The minimum atomic E-state index is 0.900. The van der Waals surface area contributed by atoms with Crippen molar-refractivity contribution < 1.29 is 4.42 Å². The van der Waals surface area contributed by atoms with Gasteiger partial charge in [0.2, 0.25) is 0 Å². The van der Waals surface area contributed by atoms with E-state index in [-0.39, 0.29) is 0 Å². The highest BCUT2D eigenvalue weighted by Gasteiger charge is 2.20. The molecule has 2 nitrogen and oxygen atoms in total. The van der Waals surface area contributed by atoms with E-state index < -0.39 is 0 Å². The van der Waals surface area contributed by atoms with Crippen molar-refractivity contribution in [1.82, 2.24) is 0 Å². The lowest BCUT2D eigenvalue weighted by Gasteiger charge is -2.28. The van der Waals surface area contributed by atoms with E-state index in [1.54, 1.807) is 0 Å². The molecule has 8 aromatic carbocycles. The van der Waals surface area contributed by atoms with Crippen LogP contribution in [0.3, 0.4) is 0 Å². The normalized spacial score (nSPS) is 11.3. The minimum Gasteiger partial charge on any atom is -0.455 e. The first-order valence-electron chi connectivity index (χ1n) is 16.4. The number of benzene rings is 8. The van der Waals surface area contributed by atoms with Gasteiger partial charge in [0.25, 0.3) is 0 Å². The van der Waals surface area contributed by atoms with E-state index in [9.17, 15) is 0 Å². The Kier molecular flexibility index (Phi) is 6.84. The number of anilines is 3. The molecule has 0 atom stereocenters. The second-order valence-electron chi connectivity index (χ2n) is 12.1. The van der Waals surface area contributed by atoms with Crippen LogP contribution in [0.4, 0.5) is 17.1 Å². The summed E-state index contributed by atoms with van der Waals surface area (Å²) in [5.41, 5.74) is 12.1. The number of hydrogen-bond acceptors (Lipinski definition) is 2. The number of fused-ring (bicyclic) bond motifs is 4. The first-order valence-corrected chi connectivity index (χ1v) is 16.4. The van der Waals surface area contributed by atoms with Crippen molar-refractivity contribution in [3.63, 3.8) is 0 Å². The molecule has 1 heterocycles. The van der Waals surface area contributed by atoms with E-state index >= 15 is 0 Å². The fourth-order valence-electron chi connectivity index (χ4n) is 7.01. The molecule has 0 spiro atoms. The minimum absolute atomic E-state index is 0.900. The third-order valence-electron chi connectivity index (χ3n) is 9.28. The second kappa shape index (κ2) is 11.8. The number of nitrogens with zero attached hydrogens (tertiary/aromatic N) is 1. The van der Waals surface area contributed by atoms with E-state index in [0.717, 1.165) is 50.1 Å². The Balaban J connectivity index is 1.15. The predicted octanol–water partition coefficient (Wildman–Crippen LogP) is 13.2. The maximum Gasteiger partial charge on any atom is 0.143 e. The molecule has 0 aliphatic carbocycles. The monoisotopic (exact) mass is 613 g/mol. The smallest absolute Gasteiger partial charge is 0.143 e. The zero-order chi connectivity index (χ0) is 31.9. The summed E-state index contributed by atoms with van der Waals surface area (Å²) in [6.07, 6.45) is 0. The first kappa shape index (κ1) is 27.9. The van der Waals surface area contributed by atoms with Crippen molar-refractivity contribution in [2.24, 2.45) is 0 Å². The lowest BCUT2D eigenvalue weighted by atomic mass is 9.95. The van der Waals surface area contributed by atoms with Gasteiger partial charge in [-0.05, 0) is 75.5 Å². The van der Waals surface area contributed by atoms with Crippen LogP contribution in [-0.2, 0) is 0 Å². The Bertz CT molecular complexity index is 2560. The van der Waals surface area contributed by atoms with Gasteiger partial charge in [0.05, 0.1) is 5.69 Å². The van der Waals surface area contributed by atoms with Gasteiger partial charge < -0.3 is 9.32 Å². The molecule has 0 aliphatic rings. The van der Waals surface area contributed by atoms with Gasteiger partial charge in [0.1, 0.15) is 11.2 Å². The molecule has 0 saturated carbocycles. The molecule has 0 fully saturated rings. The summed E-state index contributed by atoms with van der Waals surface area (Å²) in [6.45, 7) is 0. The van der Waals surface area contributed by atoms with Crippen LogP contribution in [0.5, 0.6) is 0 Å². The van der Waals surface area contributed by atoms with Gasteiger partial charge in [0, 0.05) is 33.3 Å². The van der Waals surface area contributed by atoms with Gasteiger partial charge in [-0.1, -0.05) is 146 Å². The van der Waals surface area contributed by atoms with Gasteiger partial charge in [-0.25, -0.2) is 0 Å². The molecule has 0 radical (unpaired) electrons. The van der Waals surface area contributed by atoms with Crippen molar-refractivity contribution in [2.45, 2.75) is 0 Å². The molecule has 0 amide bonds. The molecular formula is C46H31NO. The summed E-state index contributed by atoms with van der Waals surface area (Å²) in [6, 6.07) is 66.8. The van der Waals surface area contributed by atoms with Crippen LogP contribution in [-0.4, -0.2) is 0 Å². The third-order valence-corrected chi connectivity index (χ3v) is 9.28. The molecule has 226 valence electrons. The third kappa shape index (κ3) is 4.83. The van der Waals surface area contributed by atoms with E-state index in [1.807, 2.05) is 12.1 Å². The second-order valence-corrected chi connectivity index (χ2v) is 12.1. The lowest BCUT2D eigenvalue weighted by molar-refractivity contribution is 0.670. The Morgan fingerprint density at radius 1 is 0.354 bits per heavy atom. The molecule has 0 saturated heterocycles. The van der Waals surface area contributed by atoms with Gasteiger partial charge in [-0.3, -0.25) is 0 Å². The zero-order valence-corrected chi connectivity index (χ0v) is 26.3. The molecule has 0 unspecified atom stereocenters. The van der Waals surface area contributed by atoms with Crippen molar-refractivity contribution in [2.75, 3.05) is 4.90 Å². The lowest BCUT2D eigenvalue weighted by Crippen LogP contribution is -2.11. The number of furan rings is 1. The zero-order valence-electron chi connectivity index (χ0n) is 26.3. The maximum atomic E-state index is 6.50. The largest absolute Gasteiger partial charge is 0.455 e. The van der Waals surface area contributed by atoms with Crippen LogP contribution in [0.2, 0.25) is 0 Å². The Morgan fingerprint density at radius 3 is 1.85 bits per heavy atom.